The van der Waals surface area contributed by atoms with E-state index in [1.807, 2.05) is 82.8 Å². The highest BCUT2D eigenvalue weighted by Gasteiger charge is 2.50. The molecule has 4 aromatic rings. The molecule has 506 valence electrons. The lowest BCUT2D eigenvalue weighted by molar-refractivity contribution is -0.214. The summed E-state index contributed by atoms with van der Waals surface area (Å²) >= 11 is 7.30. The SMILES string of the molecule is C.C#C[C@H]1O[C@H](CO)[C@@H](O)[C@H](O)[C@@H]1O.CC(C)(C)OC(=O)N1CCC2(CC1)c1cc(Br)ccc1-c1ccc(Br)cc12.CC(C)(C)OC(=O)N1CCC2(CC1)c1cc(C#C[C@H]3O[C@H](CO)[C@@H](O)[C@H](O)[C@@H]3O)ccc1-c1ccc(C#C[C@H]3O[C@H](CO)[C@@H](O)[C@H](O)[C@@H]3O)cc12.I. The molecule has 0 unspecified atom stereocenters. The fraction of sp³-hybridized carbons (Fsp3) is 0.536. The van der Waals surface area contributed by atoms with Gasteiger partial charge in [-0.25, -0.2) is 9.59 Å². The first-order valence-electron chi connectivity index (χ1n) is 30.2. The number of amides is 2. The quantitative estimate of drug-likeness (QED) is 0.0985. The van der Waals surface area contributed by atoms with Crippen molar-refractivity contribution in [2.75, 3.05) is 46.0 Å². The maximum absolute atomic E-state index is 13.0. The van der Waals surface area contributed by atoms with Crippen LogP contribution in [0.4, 0.5) is 9.59 Å². The second kappa shape index (κ2) is 30.7. The molecule has 2 spiro atoms. The molecule has 4 aromatic carbocycles. The minimum atomic E-state index is -1.54. The van der Waals surface area contributed by atoms with Crippen LogP contribution in [0.5, 0.6) is 0 Å². The largest absolute Gasteiger partial charge is 0.444 e. The lowest BCUT2D eigenvalue weighted by Gasteiger charge is -2.41. The Hall–Kier alpha value is -4.81. The molecule has 5 aliphatic heterocycles. The van der Waals surface area contributed by atoms with Gasteiger partial charge in [-0.1, -0.05) is 93.2 Å². The number of nitrogens with zero attached hydrogens (tertiary/aromatic N) is 2. The maximum atomic E-state index is 13.0. The summed E-state index contributed by atoms with van der Waals surface area (Å²) < 4.78 is 29.5. The second-order valence-corrected chi connectivity index (χ2v) is 27.8. The van der Waals surface area contributed by atoms with Crippen molar-refractivity contribution < 1.29 is 94.6 Å². The average Bonchev–Trinajstić information content (AvgIpc) is 1.57. The van der Waals surface area contributed by atoms with Crippen molar-refractivity contribution in [2.45, 2.75) is 188 Å². The molecule has 93 heavy (non-hydrogen) atoms. The topological polar surface area (TPSA) is 330 Å². The molecule has 5 fully saturated rings. The lowest BCUT2D eigenvalue weighted by atomic mass is 9.70. The summed E-state index contributed by atoms with van der Waals surface area (Å²) in [6, 6.07) is 24.7. The van der Waals surface area contributed by atoms with Crippen molar-refractivity contribution >= 4 is 68.0 Å². The monoisotopic (exact) mass is 1530 g/mol. The third kappa shape index (κ3) is 15.9. The molecule has 2 aliphatic carbocycles. The predicted octanol–water partition coefficient (Wildman–Crippen LogP) is 4.60. The van der Waals surface area contributed by atoms with Crippen LogP contribution in [0.1, 0.15) is 108 Å². The van der Waals surface area contributed by atoms with Gasteiger partial charge in [0.2, 0.25) is 0 Å². The second-order valence-electron chi connectivity index (χ2n) is 26.0. The number of halogens is 3. The Morgan fingerprint density at radius 3 is 1.09 bits per heavy atom. The number of fused-ring (bicyclic) bond motifs is 10. The molecule has 21 nitrogen and oxygen atoms in total. The van der Waals surface area contributed by atoms with E-state index in [0.29, 0.717) is 50.1 Å². The van der Waals surface area contributed by atoms with E-state index in [1.54, 1.807) is 4.90 Å². The van der Waals surface area contributed by atoms with Gasteiger partial charge in [-0.3, -0.25) is 0 Å². The Kier molecular flexibility index (Phi) is 25.0. The van der Waals surface area contributed by atoms with Crippen LogP contribution in [0.15, 0.2) is 81.7 Å². The zero-order valence-electron chi connectivity index (χ0n) is 51.7. The Morgan fingerprint density at radius 1 is 0.495 bits per heavy atom. The molecule has 0 saturated carbocycles. The number of rotatable bonds is 3. The number of aliphatic hydroxyl groups is 12. The van der Waals surface area contributed by atoms with E-state index in [0.717, 1.165) is 44.0 Å². The number of aliphatic hydroxyl groups excluding tert-OH is 12. The van der Waals surface area contributed by atoms with Crippen LogP contribution in [-0.4, -0.2) is 232 Å². The summed E-state index contributed by atoms with van der Waals surface area (Å²) in [6.07, 6.45) is -12.1. The fourth-order valence-corrected chi connectivity index (χ4v) is 13.7. The number of carbonyl (C=O) groups excluding carboxylic acids is 2. The minimum Gasteiger partial charge on any atom is -0.444 e. The molecule has 12 N–H and O–H groups in total. The van der Waals surface area contributed by atoms with Crippen LogP contribution in [0.25, 0.3) is 22.3 Å². The van der Waals surface area contributed by atoms with Crippen LogP contribution < -0.4 is 0 Å². The highest BCUT2D eigenvalue weighted by molar-refractivity contribution is 14.0. The van der Waals surface area contributed by atoms with Gasteiger partial charge in [0.15, 0.2) is 0 Å². The van der Waals surface area contributed by atoms with Gasteiger partial charge in [-0.05, 0) is 160 Å². The normalized spacial score (nSPS) is 29.3. The summed E-state index contributed by atoms with van der Waals surface area (Å²) in [6.45, 7) is 11.8. The fourth-order valence-electron chi connectivity index (χ4n) is 13.0. The van der Waals surface area contributed by atoms with E-state index in [4.69, 9.17) is 35.2 Å². The number of piperidine rings is 2. The molecule has 2 amide bonds. The molecule has 0 radical (unpaired) electrons. The number of ether oxygens (including phenoxy) is 5. The number of benzene rings is 4. The summed E-state index contributed by atoms with van der Waals surface area (Å²) in [5, 5.41) is 117. The first kappa shape index (κ1) is 75.6. The van der Waals surface area contributed by atoms with Crippen molar-refractivity contribution in [3.63, 3.8) is 0 Å². The number of hydrogen-bond acceptors (Lipinski definition) is 19. The van der Waals surface area contributed by atoms with Gasteiger partial charge in [0, 0.05) is 57.1 Å². The zero-order chi connectivity index (χ0) is 66.2. The van der Waals surface area contributed by atoms with Crippen LogP contribution in [-0.2, 0) is 34.5 Å². The summed E-state index contributed by atoms with van der Waals surface area (Å²) in [4.78, 5) is 29.1. The van der Waals surface area contributed by atoms with Crippen molar-refractivity contribution in [3.05, 3.63) is 115 Å². The van der Waals surface area contributed by atoms with Gasteiger partial charge in [0.1, 0.15) is 103 Å². The summed E-state index contributed by atoms with van der Waals surface area (Å²) in [5.41, 5.74) is 8.79. The molecule has 7 aliphatic rings. The Balaban J connectivity index is 0.000000241. The molecule has 0 bridgehead atoms. The van der Waals surface area contributed by atoms with E-state index < -0.39 is 134 Å². The zero-order valence-corrected chi connectivity index (χ0v) is 57.2. The van der Waals surface area contributed by atoms with E-state index in [9.17, 15) is 65.8 Å². The molecular weight excluding hydrogens is 1450 g/mol. The minimum absolute atomic E-state index is 0. The molecule has 15 atom stereocenters. The molecule has 0 aromatic heterocycles. The number of carbonyl (C=O) groups is 2. The molecule has 5 heterocycles. The highest BCUT2D eigenvalue weighted by atomic mass is 127. The van der Waals surface area contributed by atoms with Crippen molar-refractivity contribution in [1.29, 1.82) is 0 Å². The number of hydrogen-bond donors (Lipinski definition) is 12. The first-order chi connectivity index (χ1) is 43.0. The Bertz CT molecular complexity index is 3320. The Labute approximate surface area is 576 Å². The van der Waals surface area contributed by atoms with Crippen LogP contribution in [0.3, 0.4) is 0 Å². The van der Waals surface area contributed by atoms with E-state index in [1.165, 1.54) is 22.3 Å². The van der Waals surface area contributed by atoms with Gasteiger partial charge in [0.25, 0.3) is 0 Å². The molecule has 11 rings (SSSR count). The Morgan fingerprint density at radius 2 is 0.785 bits per heavy atom. The summed E-state index contributed by atoms with van der Waals surface area (Å²) in [7, 11) is 0. The third-order valence-electron chi connectivity index (χ3n) is 17.7. The highest BCUT2D eigenvalue weighted by Crippen LogP contribution is 2.56. The molecule has 24 heteroatoms. The van der Waals surface area contributed by atoms with Crippen molar-refractivity contribution in [3.8, 4) is 58.3 Å². The summed E-state index contributed by atoms with van der Waals surface area (Å²) in [5.74, 6) is 13.9. The predicted molar refractivity (Wildman–Crippen MR) is 361 cm³/mol. The van der Waals surface area contributed by atoms with Crippen LogP contribution in [0.2, 0.25) is 0 Å². The first-order valence-corrected chi connectivity index (χ1v) is 31.8. The van der Waals surface area contributed by atoms with E-state index >= 15 is 0 Å². The molecule has 5 saturated heterocycles. The average molecular weight is 1530 g/mol. The van der Waals surface area contributed by atoms with Gasteiger partial charge >= 0.3 is 12.2 Å². The van der Waals surface area contributed by atoms with Crippen LogP contribution >= 0.6 is 55.8 Å². The van der Waals surface area contributed by atoms with Gasteiger partial charge in [0.05, 0.1) is 19.8 Å². The van der Waals surface area contributed by atoms with Gasteiger partial charge < -0.3 is 94.8 Å². The van der Waals surface area contributed by atoms with Crippen LogP contribution in [0, 0.1) is 36.0 Å². The lowest BCUT2D eigenvalue weighted by Crippen LogP contribution is -2.58. The standard InChI is InChI=1S/C38H45NO12.C22H23Br2NO2.C8H12O5.CH4.HI/c1-37(2,3)51-36(48)39-14-12-38(13-15-39)24-16-20(6-10-26-30(42)34(46)32(44)28(18-40)49-26)4-8-22(24)23-9-5-21(17-25(23)38)7-11-27-31(43)35(47)33(45)29(19-41)50-27;1-21(2,3)27-20(26)25-10-8-22(9-11-25)18-12-14(23)4-6-16(18)17-7-5-15(24)13-19(17)22;1-2-4-6(10)8(12)7(11)5(3-9)13-4;;/h4-5,8-9,16-17,26-35,40-47H,12-15,18-19H2,1-3H3;4-7,12-13H,8-11H2,1-3H3;1,4-12H,3H2;1H4;1H/t26-,27-,28-,29-,30-,31-,32-,33-,34-,35-;;4-,5-,6-,7-,8-;;/m1.1../s1. The van der Waals surface area contributed by atoms with Gasteiger partial charge in [-0.15, -0.1) is 30.4 Å². The third-order valence-corrected chi connectivity index (χ3v) is 18.7. The molecular formula is C69H85Br2IN2O19. The van der Waals surface area contributed by atoms with Crippen molar-refractivity contribution in [1.82, 2.24) is 9.80 Å². The smallest absolute Gasteiger partial charge is 0.410 e. The van der Waals surface area contributed by atoms with Gasteiger partial charge in [-0.2, -0.15) is 0 Å². The van der Waals surface area contributed by atoms with E-state index in [-0.39, 0.29) is 42.9 Å². The van der Waals surface area contributed by atoms with Crippen molar-refractivity contribution in [2.24, 2.45) is 0 Å². The number of terminal acetylenes is 1. The number of likely N-dealkylation sites (tertiary alicyclic amines) is 2. The van der Waals surface area contributed by atoms with E-state index in [2.05, 4.69) is 97.9 Å². The maximum Gasteiger partial charge on any atom is 0.410 e.